The van der Waals surface area contributed by atoms with E-state index < -0.39 is 5.76 Å². The van der Waals surface area contributed by atoms with Crippen molar-refractivity contribution >= 4 is 0 Å². The summed E-state index contributed by atoms with van der Waals surface area (Å²) in [7, 11) is 0. The van der Waals surface area contributed by atoms with Gasteiger partial charge in [-0.3, -0.25) is 0 Å². The van der Waals surface area contributed by atoms with Crippen molar-refractivity contribution in [3.05, 3.63) is 40.4 Å². The predicted molar refractivity (Wildman–Crippen MR) is 59.2 cm³/mol. The van der Waals surface area contributed by atoms with E-state index in [0.717, 1.165) is 11.5 Å². The molecule has 16 heavy (non-hydrogen) atoms. The number of aromatic amines is 1. The average molecular weight is 216 g/mol. The smallest absolute Gasteiger partial charge is 0.388 e. The number of rotatable bonds is 2. The minimum atomic E-state index is -0.516. The van der Waals surface area contributed by atoms with Crippen molar-refractivity contribution in [3.8, 4) is 11.5 Å². The summed E-state index contributed by atoms with van der Waals surface area (Å²) < 4.78 is 4.89. The first kappa shape index (κ1) is 9.39. The van der Waals surface area contributed by atoms with Gasteiger partial charge in [-0.15, -0.1) is 5.10 Å². The second kappa shape index (κ2) is 3.63. The molecule has 0 spiro atoms. The summed E-state index contributed by atoms with van der Waals surface area (Å²) in [5.74, 6) is 0.559. The molecule has 3 rings (SSSR count). The molecule has 0 saturated heterocycles. The molecule has 0 atom stereocenters. The van der Waals surface area contributed by atoms with E-state index in [1.165, 1.54) is 24.8 Å². The molecule has 2 aromatic rings. The summed E-state index contributed by atoms with van der Waals surface area (Å²) in [6.07, 6.45) is 3.91. The van der Waals surface area contributed by atoms with E-state index in [-0.39, 0.29) is 0 Å². The molecule has 1 aromatic heterocycles. The molecule has 1 aromatic carbocycles. The number of aromatic nitrogens is 2. The number of benzene rings is 1. The average Bonchev–Trinajstić information content (AvgIpc) is 2.63. The summed E-state index contributed by atoms with van der Waals surface area (Å²) in [6.45, 7) is 0. The van der Waals surface area contributed by atoms with Crippen molar-refractivity contribution < 1.29 is 4.42 Å². The molecular formula is C12H12N2O2. The van der Waals surface area contributed by atoms with Crippen LogP contribution in [-0.4, -0.2) is 10.2 Å². The third-order valence-corrected chi connectivity index (χ3v) is 3.17. The summed E-state index contributed by atoms with van der Waals surface area (Å²) in [5.41, 5.74) is 2.20. The Balaban J connectivity index is 1.89. The Hall–Kier alpha value is -1.84. The topological polar surface area (TPSA) is 58.9 Å². The molecule has 4 heteroatoms. The lowest BCUT2D eigenvalue weighted by Gasteiger charge is -2.25. The van der Waals surface area contributed by atoms with Crippen LogP contribution in [0.5, 0.6) is 0 Å². The van der Waals surface area contributed by atoms with Gasteiger partial charge in [0, 0.05) is 5.56 Å². The van der Waals surface area contributed by atoms with E-state index in [1.54, 1.807) is 0 Å². The van der Waals surface area contributed by atoms with Gasteiger partial charge in [0.1, 0.15) is 0 Å². The largest absolute Gasteiger partial charge is 0.434 e. The Morgan fingerprint density at radius 2 is 2.00 bits per heavy atom. The van der Waals surface area contributed by atoms with Crippen LogP contribution in [0.4, 0.5) is 0 Å². The van der Waals surface area contributed by atoms with Crippen molar-refractivity contribution in [2.45, 2.75) is 25.2 Å². The first-order chi connectivity index (χ1) is 7.83. The van der Waals surface area contributed by atoms with Gasteiger partial charge in [0.25, 0.3) is 0 Å². The highest BCUT2D eigenvalue weighted by Crippen LogP contribution is 2.36. The number of H-pyrrole nitrogens is 1. The lowest BCUT2D eigenvalue weighted by molar-refractivity contribution is 0.420. The van der Waals surface area contributed by atoms with E-state index in [1.807, 2.05) is 12.1 Å². The maximum Gasteiger partial charge on any atom is 0.434 e. The maximum atomic E-state index is 10.8. The molecule has 82 valence electrons. The molecule has 1 N–H and O–H groups in total. The minimum Gasteiger partial charge on any atom is -0.388 e. The molecule has 1 fully saturated rings. The maximum absolute atomic E-state index is 10.8. The van der Waals surface area contributed by atoms with Gasteiger partial charge in [-0.2, -0.15) is 0 Å². The lowest BCUT2D eigenvalue weighted by Crippen LogP contribution is -2.08. The van der Waals surface area contributed by atoms with Crippen LogP contribution in [0.1, 0.15) is 30.7 Å². The van der Waals surface area contributed by atoms with E-state index in [2.05, 4.69) is 22.3 Å². The Bertz CT molecular complexity index is 535. The van der Waals surface area contributed by atoms with Crippen LogP contribution in [-0.2, 0) is 0 Å². The zero-order valence-electron chi connectivity index (χ0n) is 8.77. The van der Waals surface area contributed by atoms with E-state index in [9.17, 15) is 4.79 Å². The zero-order chi connectivity index (χ0) is 11.0. The summed E-state index contributed by atoms with van der Waals surface area (Å²) in [6, 6.07) is 8.08. The third-order valence-electron chi connectivity index (χ3n) is 3.17. The van der Waals surface area contributed by atoms with Gasteiger partial charge >= 0.3 is 5.76 Å². The normalized spacial score (nSPS) is 16.0. The molecule has 1 saturated carbocycles. The molecule has 0 radical (unpaired) electrons. The molecule has 1 aliphatic carbocycles. The fourth-order valence-corrected chi connectivity index (χ4v) is 1.99. The first-order valence-corrected chi connectivity index (χ1v) is 5.49. The van der Waals surface area contributed by atoms with Crippen molar-refractivity contribution in [2.75, 3.05) is 0 Å². The first-order valence-electron chi connectivity index (χ1n) is 5.49. The second-order valence-electron chi connectivity index (χ2n) is 4.17. The summed E-state index contributed by atoms with van der Waals surface area (Å²) >= 11 is 0. The van der Waals surface area contributed by atoms with Crippen LogP contribution in [0.2, 0.25) is 0 Å². The fourth-order valence-electron chi connectivity index (χ4n) is 1.99. The Morgan fingerprint density at radius 1 is 1.25 bits per heavy atom. The van der Waals surface area contributed by atoms with Crippen molar-refractivity contribution in [1.82, 2.24) is 10.2 Å². The van der Waals surface area contributed by atoms with Crippen molar-refractivity contribution in [2.24, 2.45) is 0 Å². The van der Waals surface area contributed by atoms with Gasteiger partial charge in [-0.1, -0.05) is 18.6 Å². The second-order valence-corrected chi connectivity index (χ2v) is 4.17. The molecular weight excluding hydrogens is 204 g/mol. The highest BCUT2D eigenvalue weighted by Gasteiger charge is 2.19. The number of hydrogen-bond acceptors (Lipinski definition) is 3. The van der Waals surface area contributed by atoms with Crippen LogP contribution in [0.25, 0.3) is 11.5 Å². The van der Waals surface area contributed by atoms with Gasteiger partial charge in [-0.05, 0) is 36.5 Å². The monoisotopic (exact) mass is 216 g/mol. The predicted octanol–water partition coefficient (Wildman–Crippen LogP) is 2.30. The van der Waals surface area contributed by atoms with Crippen LogP contribution >= 0.6 is 0 Å². The fraction of sp³-hybridized carbons (Fsp3) is 0.333. The van der Waals surface area contributed by atoms with Gasteiger partial charge in [-0.25, -0.2) is 9.89 Å². The molecule has 1 heterocycles. The molecule has 0 amide bonds. The highest BCUT2D eigenvalue weighted by molar-refractivity contribution is 5.53. The van der Waals surface area contributed by atoms with Crippen LogP contribution in [0.15, 0.2) is 33.5 Å². The van der Waals surface area contributed by atoms with Gasteiger partial charge in [0.15, 0.2) is 0 Å². The number of nitrogens with one attached hydrogen (secondary N) is 1. The molecule has 1 aliphatic rings. The van der Waals surface area contributed by atoms with Crippen LogP contribution in [0.3, 0.4) is 0 Å². The molecule has 0 bridgehead atoms. The Kier molecular flexibility index (Phi) is 2.13. The quantitative estimate of drug-likeness (QED) is 0.837. The van der Waals surface area contributed by atoms with Crippen molar-refractivity contribution in [3.63, 3.8) is 0 Å². The lowest BCUT2D eigenvalue weighted by atomic mass is 9.80. The van der Waals surface area contributed by atoms with Crippen LogP contribution < -0.4 is 5.76 Å². The summed E-state index contributed by atoms with van der Waals surface area (Å²) in [5, 5.41) is 6.05. The number of hydrogen-bond donors (Lipinski definition) is 1. The summed E-state index contributed by atoms with van der Waals surface area (Å²) in [4.78, 5) is 10.8. The van der Waals surface area contributed by atoms with E-state index >= 15 is 0 Å². The van der Waals surface area contributed by atoms with E-state index in [4.69, 9.17) is 4.42 Å². The Morgan fingerprint density at radius 3 is 2.50 bits per heavy atom. The van der Waals surface area contributed by atoms with Crippen LogP contribution in [0, 0.1) is 0 Å². The van der Waals surface area contributed by atoms with E-state index in [0.29, 0.717) is 5.89 Å². The Labute approximate surface area is 92.3 Å². The molecule has 4 nitrogen and oxygen atoms in total. The third kappa shape index (κ3) is 1.56. The van der Waals surface area contributed by atoms with Gasteiger partial charge < -0.3 is 4.42 Å². The minimum absolute atomic E-state index is 0.352. The van der Waals surface area contributed by atoms with Gasteiger partial charge in [0.2, 0.25) is 5.89 Å². The SMILES string of the molecule is O=c1[nH]nc(-c2ccc(C3CCC3)cc2)o1. The molecule has 0 aliphatic heterocycles. The standard InChI is InChI=1S/C12H12N2O2/c15-12-14-13-11(16-12)10-6-4-9(5-7-10)8-2-1-3-8/h4-8H,1-3H2,(H,14,15). The zero-order valence-corrected chi connectivity index (χ0v) is 8.77. The van der Waals surface area contributed by atoms with Crippen molar-refractivity contribution in [1.29, 1.82) is 0 Å². The number of nitrogens with zero attached hydrogens (tertiary/aromatic N) is 1. The van der Waals surface area contributed by atoms with Gasteiger partial charge in [0.05, 0.1) is 0 Å². The molecule has 0 unspecified atom stereocenters. The highest BCUT2D eigenvalue weighted by atomic mass is 16.4.